The maximum absolute atomic E-state index is 13.3. The summed E-state index contributed by atoms with van der Waals surface area (Å²) in [6, 6.07) is 1.46. The Morgan fingerprint density at radius 2 is 1.67 bits per heavy atom. The molecule has 0 spiro atoms. The van der Waals surface area contributed by atoms with Gasteiger partial charge < -0.3 is 4.74 Å². The fourth-order valence-electron chi connectivity index (χ4n) is 5.29. The first-order valence-corrected chi connectivity index (χ1v) is 15.7. The van der Waals surface area contributed by atoms with Crippen LogP contribution in [0, 0.1) is 11.5 Å². The summed E-state index contributed by atoms with van der Waals surface area (Å²) in [4.78, 5) is 21.8. The summed E-state index contributed by atoms with van der Waals surface area (Å²) in [6.07, 6.45) is 3.91. The Kier molecular flexibility index (Phi) is 7.51. The first-order chi connectivity index (χ1) is 15.4. The van der Waals surface area contributed by atoms with Gasteiger partial charge in [-0.3, -0.25) is 9.36 Å². The van der Waals surface area contributed by atoms with E-state index >= 15 is 0 Å². The van der Waals surface area contributed by atoms with Crippen LogP contribution in [0.1, 0.15) is 66.0 Å². The van der Waals surface area contributed by atoms with Gasteiger partial charge in [0.05, 0.1) is 5.39 Å². The first kappa shape index (κ1) is 25.6. The number of hydrogen-bond donors (Lipinski definition) is 0. The Bertz CT molecular complexity index is 1230. The van der Waals surface area contributed by atoms with E-state index in [2.05, 4.69) is 63.0 Å². The van der Waals surface area contributed by atoms with E-state index in [9.17, 15) is 13.2 Å². The van der Waals surface area contributed by atoms with Gasteiger partial charge in [0.15, 0.2) is 0 Å². The molecule has 3 rings (SSSR count). The SMILES string of the molecule is CC(C)[Si](C#Cc1cc(=O)n(C2CCOCC2)c2nc(S(C)(=O)=O)ncc12)(C(C)C)C(C)C. The lowest BCUT2D eigenvalue weighted by molar-refractivity contribution is 0.0697. The van der Waals surface area contributed by atoms with Crippen LogP contribution in [-0.2, 0) is 14.6 Å². The Morgan fingerprint density at radius 1 is 1.09 bits per heavy atom. The van der Waals surface area contributed by atoms with Gasteiger partial charge in [0.25, 0.3) is 5.56 Å². The van der Waals surface area contributed by atoms with Gasteiger partial charge in [0, 0.05) is 43.3 Å². The van der Waals surface area contributed by atoms with Gasteiger partial charge in [-0.15, -0.1) is 5.54 Å². The number of fused-ring (bicyclic) bond motifs is 1. The predicted molar refractivity (Wildman–Crippen MR) is 134 cm³/mol. The molecular weight excluding hydrogens is 454 g/mol. The largest absolute Gasteiger partial charge is 0.381 e. The van der Waals surface area contributed by atoms with Crippen LogP contribution in [-0.4, -0.2) is 50.5 Å². The molecule has 1 fully saturated rings. The summed E-state index contributed by atoms with van der Waals surface area (Å²) in [5.74, 6) is 3.35. The second-order valence-corrected chi connectivity index (χ2v) is 17.4. The standard InChI is InChI=1S/C24H35N3O4SSi/c1-16(2)33(17(3)4,18(5)6)13-10-19-14-22(28)27(20-8-11-31-12-9-20)23-21(19)15-25-24(26-23)32(7,29)30/h14-18,20H,8-9,11-12H2,1-7H3. The fraction of sp³-hybridized carbons (Fsp3) is 0.625. The minimum atomic E-state index is -3.63. The average Bonchev–Trinajstić information content (AvgIpc) is 2.73. The maximum atomic E-state index is 13.3. The van der Waals surface area contributed by atoms with Crippen LogP contribution in [0.2, 0.25) is 16.6 Å². The van der Waals surface area contributed by atoms with Crippen molar-refractivity contribution in [3.8, 4) is 11.5 Å². The van der Waals surface area contributed by atoms with Crippen molar-refractivity contribution in [3.05, 3.63) is 28.2 Å². The molecule has 3 heterocycles. The summed E-state index contributed by atoms with van der Waals surface area (Å²) < 4.78 is 31.4. The number of hydrogen-bond acceptors (Lipinski definition) is 6. The number of aromatic nitrogens is 3. The molecule has 0 unspecified atom stereocenters. The van der Waals surface area contributed by atoms with Crippen LogP contribution >= 0.6 is 0 Å². The van der Waals surface area contributed by atoms with Gasteiger partial charge in [0.2, 0.25) is 15.0 Å². The Hall–Kier alpha value is -2.02. The minimum absolute atomic E-state index is 0.103. The minimum Gasteiger partial charge on any atom is -0.381 e. The molecule has 2 aromatic rings. The van der Waals surface area contributed by atoms with Gasteiger partial charge in [-0.2, -0.15) is 4.98 Å². The number of rotatable bonds is 5. The molecule has 0 amide bonds. The van der Waals surface area contributed by atoms with Crippen molar-refractivity contribution in [2.24, 2.45) is 0 Å². The summed E-state index contributed by atoms with van der Waals surface area (Å²) >= 11 is 0. The number of sulfone groups is 1. The molecular formula is C24H35N3O4SSi. The second-order valence-electron chi connectivity index (χ2n) is 9.92. The maximum Gasteiger partial charge on any atom is 0.253 e. The first-order valence-electron chi connectivity index (χ1n) is 11.6. The number of pyridine rings is 1. The van der Waals surface area contributed by atoms with Gasteiger partial charge in [-0.05, 0) is 29.5 Å². The Labute approximate surface area is 197 Å². The third-order valence-electron chi connectivity index (χ3n) is 6.94. The quantitative estimate of drug-likeness (QED) is 0.356. The molecule has 9 heteroatoms. The second kappa shape index (κ2) is 9.69. The molecule has 1 saturated heterocycles. The van der Waals surface area contributed by atoms with Crippen LogP contribution in [0.4, 0.5) is 0 Å². The molecule has 7 nitrogen and oxygen atoms in total. The van der Waals surface area contributed by atoms with Gasteiger partial charge >= 0.3 is 0 Å². The lowest BCUT2D eigenvalue weighted by Crippen LogP contribution is -2.43. The van der Waals surface area contributed by atoms with Crippen molar-refractivity contribution in [2.45, 2.75) is 82.2 Å². The number of nitrogens with zero attached hydrogens (tertiary/aromatic N) is 3. The molecule has 0 bridgehead atoms. The molecule has 1 aliphatic heterocycles. The Balaban J connectivity index is 2.31. The smallest absolute Gasteiger partial charge is 0.253 e. The van der Waals surface area contributed by atoms with Crippen LogP contribution in [0.25, 0.3) is 11.0 Å². The summed E-state index contributed by atoms with van der Waals surface area (Å²) in [7, 11) is -5.65. The van der Waals surface area contributed by atoms with E-state index < -0.39 is 17.9 Å². The lowest BCUT2D eigenvalue weighted by atomic mass is 10.1. The Morgan fingerprint density at radius 3 is 2.18 bits per heavy atom. The van der Waals surface area contributed by atoms with E-state index in [-0.39, 0.29) is 16.8 Å². The molecule has 0 atom stereocenters. The van der Waals surface area contributed by atoms with Crippen molar-refractivity contribution in [1.82, 2.24) is 14.5 Å². The monoisotopic (exact) mass is 489 g/mol. The zero-order chi connectivity index (χ0) is 24.6. The molecule has 2 aromatic heterocycles. The molecule has 0 aliphatic carbocycles. The van der Waals surface area contributed by atoms with E-state index in [0.717, 1.165) is 6.26 Å². The molecule has 0 aromatic carbocycles. The third kappa shape index (κ3) is 4.93. The average molecular weight is 490 g/mol. The van der Waals surface area contributed by atoms with E-state index in [1.807, 2.05) is 0 Å². The molecule has 0 radical (unpaired) electrons. The topological polar surface area (TPSA) is 91.2 Å². The van der Waals surface area contributed by atoms with Crippen molar-refractivity contribution >= 4 is 28.9 Å². The molecule has 0 saturated carbocycles. The van der Waals surface area contributed by atoms with E-state index in [1.54, 1.807) is 10.6 Å². The normalized spacial score (nSPS) is 15.9. The van der Waals surface area contributed by atoms with Crippen LogP contribution in [0.15, 0.2) is 22.2 Å². The van der Waals surface area contributed by atoms with Crippen LogP contribution in [0.3, 0.4) is 0 Å². The van der Waals surface area contributed by atoms with Crippen molar-refractivity contribution in [3.63, 3.8) is 0 Å². The highest BCUT2D eigenvalue weighted by Crippen LogP contribution is 2.41. The van der Waals surface area contributed by atoms with E-state index in [4.69, 9.17) is 4.74 Å². The van der Waals surface area contributed by atoms with E-state index in [1.165, 1.54) is 6.20 Å². The van der Waals surface area contributed by atoms with Crippen molar-refractivity contribution in [2.75, 3.05) is 19.5 Å². The summed E-state index contributed by atoms with van der Waals surface area (Å²) in [5, 5.41) is 0.329. The van der Waals surface area contributed by atoms with Crippen LogP contribution in [0.5, 0.6) is 0 Å². The lowest BCUT2D eigenvalue weighted by Gasteiger charge is -2.38. The highest BCUT2D eigenvalue weighted by Gasteiger charge is 2.41. The van der Waals surface area contributed by atoms with Crippen molar-refractivity contribution in [1.29, 1.82) is 0 Å². The van der Waals surface area contributed by atoms with Gasteiger partial charge in [-0.25, -0.2) is 13.4 Å². The van der Waals surface area contributed by atoms with Gasteiger partial charge in [-0.1, -0.05) is 47.5 Å². The van der Waals surface area contributed by atoms with Gasteiger partial charge in [0.1, 0.15) is 13.7 Å². The molecule has 1 aliphatic rings. The van der Waals surface area contributed by atoms with Crippen molar-refractivity contribution < 1.29 is 13.2 Å². The molecule has 33 heavy (non-hydrogen) atoms. The summed E-state index contributed by atoms with van der Waals surface area (Å²) in [5.41, 5.74) is 5.69. The number of ether oxygens (including phenoxy) is 1. The fourth-order valence-corrected chi connectivity index (χ4v) is 11.0. The zero-order valence-corrected chi connectivity index (χ0v) is 22.5. The highest BCUT2D eigenvalue weighted by atomic mass is 32.2. The van der Waals surface area contributed by atoms with E-state index in [0.29, 0.717) is 59.3 Å². The summed E-state index contributed by atoms with van der Waals surface area (Å²) in [6.45, 7) is 14.5. The highest BCUT2D eigenvalue weighted by molar-refractivity contribution is 7.90. The van der Waals surface area contributed by atoms with Crippen LogP contribution < -0.4 is 5.56 Å². The molecule has 180 valence electrons. The molecule has 0 N–H and O–H groups in total. The zero-order valence-electron chi connectivity index (χ0n) is 20.7. The third-order valence-corrected chi connectivity index (χ3v) is 14.1. The predicted octanol–water partition coefficient (Wildman–Crippen LogP) is 4.12.